The van der Waals surface area contributed by atoms with Crippen molar-refractivity contribution in [1.82, 2.24) is 5.32 Å². The van der Waals surface area contributed by atoms with Crippen LogP contribution in [0.15, 0.2) is 65.3 Å². The number of benzene rings is 2. The molecule has 1 fully saturated rings. The molecule has 4 nitrogen and oxygen atoms in total. The van der Waals surface area contributed by atoms with Crippen molar-refractivity contribution in [2.24, 2.45) is 4.99 Å². The highest BCUT2D eigenvalue weighted by Gasteiger charge is 2.34. The molecule has 0 unspecified atom stereocenters. The molecule has 1 aliphatic heterocycles. The maximum atomic E-state index is 13.0. The molecule has 128 valence electrons. The van der Waals surface area contributed by atoms with Gasteiger partial charge in [0.25, 0.3) is 5.91 Å². The van der Waals surface area contributed by atoms with Crippen molar-refractivity contribution in [3.8, 4) is 0 Å². The number of carbonyl (C=O) groups excluding carboxylic acids is 1. The quantitative estimate of drug-likeness (QED) is 0.840. The first-order valence-corrected chi connectivity index (χ1v) is 8.38. The van der Waals surface area contributed by atoms with Crippen LogP contribution in [0.2, 0.25) is 0 Å². The third-order valence-corrected chi connectivity index (χ3v) is 3.74. The predicted octanol–water partition coefficient (Wildman–Crippen LogP) is 4.13. The van der Waals surface area contributed by atoms with E-state index in [2.05, 4.69) is 5.32 Å². The smallest absolute Gasteiger partial charge is 0.281 e. The molecule has 0 saturated carbocycles. The van der Waals surface area contributed by atoms with Crippen molar-refractivity contribution >= 4 is 23.6 Å². The first kappa shape index (κ1) is 17.0. The Labute approximate surface area is 148 Å². The number of aliphatic imine (C=N–C) groups is 1. The van der Waals surface area contributed by atoms with Gasteiger partial charge in [0.1, 0.15) is 5.70 Å². The van der Waals surface area contributed by atoms with Crippen LogP contribution >= 0.6 is 0 Å². The molecule has 0 aromatic heterocycles. The summed E-state index contributed by atoms with van der Waals surface area (Å²) in [5.41, 5.74) is 3.16. The van der Waals surface area contributed by atoms with E-state index in [9.17, 15) is 4.79 Å². The molecular weight excluding hydrogens is 310 g/mol. The summed E-state index contributed by atoms with van der Waals surface area (Å²) < 4.78 is 0. The Kier molecular flexibility index (Phi) is 4.45. The van der Waals surface area contributed by atoms with Crippen LogP contribution in [0.25, 0.3) is 6.08 Å². The highest BCUT2D eigenvalue weighted by molar-refractivity contribution is 6.29. The first-order chi connectivity index (χ1) is 11.8. The van der Waals surface area contributed by atoms with Crippen LogP contribution in [0.5, 0.6) is 0 Å². The molecule has 3 rings (SSSR count). The molecule has 1 heterocycles. The van der Waals surface area contributed by atoms with Crippen LogP contribution in [0.4, 0.5) is 5.69 Å². The molecule has 0 bridgehead atoms. The van der Waals surface area contributed by atoms with E-state index in [0.29, 0.717) is 11.7 Å². The topological polar surface area (TPSA) is 44.7 Å². The number of hydrogen-bond donors (Lipinski definition) is 1. The van der Waals surface area contributed by atoms with Crippen molar-refractivity contribution in [3.05, 3.63) is 71.4 Å². The van der Waals surface area contributed by atoms with Gasteiger partial charge in [-0.15, -0.1) is 0 Å². The van der Waals surface area contributed by atoms with Crippen molar-refractivity contribution < 1.29 is 4.79 Å². The maximum absolute atomic E-state index is 13.0. The molecular formula is C21H23N3O. The van der Waals surface area contributed by atoms with E-state index in [4.69, 9.17) is 4.99 Å². The van der Waals surface area contributed by atoms with E-state index >= 15 is 0 Å². The maximum Gasteiger partial charge on any atom is 0.281 e. The average Bonchev–Trinajstić information content (AvgIpc) is 2.83. The number of guanidine groups is 1. The van der Waals surface area contributed by atoms with Gasteiger partial charge < -0.3 is 5.32 Å². The summed E-state index contributed by atoms with van der Waals surface area (Å²) in [7, 11) is 0. The highest BCUT2D eigenvalue weighted by atomic mass is 16.2. The lowest BCUT2D eigenvalue weighted by Crippen LogP contribution is -2.34. The molecule has 2 aromatic carbocycles. The van der Waals surface area contributed by atoms with Crippen LogP contribution < -0.4 is 10.2 Å². The number of hydrogen-bond acceptors (Lipinski definition) is 2. The van der Waals surface area contributed by atoms with E-state index in [0.717, 1.165) is 16.8 Å². The predicted molar refractivity (Wildman–Crippen MR) is 103 cm³/mol. The third-order valence-electron chi connectivity index (χ3n) is 3.74. The number of rotatable bonds is 2. The largest absolute Gasteiger partial charge is 0.321 e. The van der Waals surface area contributed by atoms with Gasteiger partial charge in [0.15, 0.2) is 0 Å². The Morgan fingerprint density at radius 3 is 2.24 bits per heavy atom. The lowest BCUT2D eigenvalue weighted by Gasteiger charge is -2.19. The molecule has 0 spiro atoms. The van der Waals surface area contributed by atoms with Crippen molar-refractivity contribution in [1.29, 1.82) is 0 Å². The number of anilines is 1. The molecule has 1 aliphatic rings. The summed E-state index contributed by atoms with van der Waals surface area (Å²) in [6.45, 7) is 8.06. The van der Waals surface area contributed by atoms with E-state index in [1.165, 1.54) is 0 Å². The molecule has 25 heavy (non-hydrogen) atoms. The molecule has 1 N–H and O–H groups in total. The molecule has 2 aromatic rings. The van der Waals surface area contributed by atoms with Gasteiger partial charge in [-0.25, -0.2) is 9.89 Å². The summed E-state index contributed by atoms with van der Waals surface area (Å²) in [6.07, 6.45) is 1.86. The molecule has 1 saturated heterocycles. The zero-order valence-electron chi connectivity index (χ0n) is 15.1. The SMILES string of the molecule is Cc1ccc(N2C(=O)/C(=C/c3ccccc3)NC2=NC(C)(C)C)cc1. The van der Waals surface area contributed by atoms with E-state index in [1.54, 1.807) is 4.90 Å². The van der Waals surface area contributed by atoms with E-state index < -0.39 is 0 Å². The second-order valence-corrected chi connectivity index (χ2v) is 7.18. The minimum absolute atomic E-state index is 0.101. The van der Waals surface area contributed by atoms with Gasteiger partial charge >= 0.3 is 0 Å². The summed E-state index contributed by atoms with van der Waals surface area (Å²) in [6, 6.07) is 17.7. The summed E-state index contributed by atoms with van der Waals surface area (Å²) in [4.78, 5) is 19.3. The van der Waals surface area contributed by atoms with Crippen LogP contribution in [0.1, 0.15) is 31.9 Å². The highest BCUT2D eigenvalue weighted by Crippen LogP contribution is 2.24. The Bertz CT molecular complexity index is 828. The van der Waals surface area contributed by atoms with Gasteiger partial charge in [-0.2, -0.15) is 0 Å². The molecule has 0 aliphatic carbocycles. The number of nitrogens with one attached hydrogen (secondary N) is 1. The van der Waals surface area contributed by atoms with Gasteiger partial charge in [-0.05, 0) is 51.5 Å². The number of nitrogens with zero attached hydrogens (tertiary/aromatic N) is 2. The standard InChI is InChI=1S/C21H23N3O/c1-15-10-12-17(13-11-15)24-19(25)18(14-16-8-6-5-7-9-16)22-20(24)23-21(2,3)4/h5-14H,1-4H3,(H,22,23)/b18-14-. The fraction of sp³-hybridized carbons (Fsp3) is 0.238. The van der Waals surface area contributed by atoms with Crippen LogP contribution in [0.3, 0.4) is 0 Å². The molecule has 4 heteroatoms. The molecule has 0 radical (unpaired) electrons. The lowest BCUT2D eigenvalue weighted by molar-refractivity contribution is -0.113. The Hall–Kier alpha value is -2.88. The van der Waals surface area contributed by atoms with E-state index in [1.807, 2.05) is 88.4 Å². The fourth-order valence-corrected chi connectivity index (χ4v) is 2.59. The first-order valence-electron chi connectivity index (χ1n) is 8.38. The summed E-state index contributed by atoms with van der Waals surface area (Å²) in [5, 5.41) is 3.20. The van der Waals surface area contributed by atoms with Gasteiger partial charge in [-0.3, -0.25) is 4.79 Å². The second-order valence-electron chi connectivity index (χ2n) is 7.18. The monoisotopic (exact) mass is 333 g/mol. The van der Waals surface area contributed by atoms with Crippen molar-refractivity contribution in [3.63, 3.8) is 0 Å². The Balaban J connectivity index is 2.04. The molecule has 0 atom stereocenters. The van der Waals surface area contributed by atoms with Crippen LogP contribution in [-0.2, 0) is 4.79 Å². The summed E-state index contributed by atoms with van der Waals surface area (Å²) in [5.74, 6) is 0.458. The van der Waals surface area contributed by atoms with Crippen molar-refractivity contribution in [2.75, 3.05) is 4.90 Å². The number of carbonyl (C=O) groups is 1. The molecule has 1 amide bonds. The Morgan fingerprint density at radius 1 is 1.00 bits per heavy atom. The third kappa shape index (κ3) is 3.97. The van der Waals surface area contributed by atoms with Crippen LogP contribution in [-0.4, -0.2) is 17.4 Å². The summed E-state index contributed by atoms with van der Waals surface area (Å²) >= 11 is 0. The zero-order valence-corrected chi connectivity index (χ0v) is 15.1. The Morgan fingerprint density at radius 2 is 1.64 bits per heavy atom. The van der Waals surface area contributed by atoms with Gasteiger partial charge in [0, 0.05) is 0 Å². The number of amides is 1. The van der Waals surface area contributed by atoms with Gasteiger partial charge in [0.05, 0.1) is 11.2 Å². The van der Waals surface area contributed by atoms with Crippen molar-refractivity contribution in [2.45, 2.75) is 33.2 Å². The lowest BCUT2D eigenvalue weighted by atomic mass is 10.1. The second kappa shape index (κ2) is 6.55. The van der Waals surface area contributed by atoms with E-state index in [-0.39, 0.29) is 11.4 Å². The minimum atomic E-state index is -0.298. The fourth-order valence-electron chi connectivity index (χ4n) is 2.59. The van der Waals surface area contributed by atoms with Gasteiger partial charge in [0.2, 0.25) is 5.96 Å². The normalized spacial score (nSPS) is 18.1. The van der Waals surface area contributed by atoms with Gasteiger partial charge in [-0.1, -0.05) is 48.0 Å². The number of aryl methyl sites for hydroxylation is 1. The minimum Gasteiger partial charge on any atom is -0.321 e. The zero-order chi connectivity index (χ0) is 18.0. The average molecular weight is 333 g/mol. The van der Waals surface area contributed by atoms with Crippen LogP contribution in [0, 0.1) is 6.92 Å².